The van der Waals surface area contributed by atoms with Gasteiger partial charge in [0.15, 0.2) is 23.0 Å². The van der Waals surface area contributed by atoms with Crippen LogP contribution >= 0.6 is 0 Å². The zero-order chi connectivity index (χ0) is 22.9. The third-order valence-corrected chi connectivity index (χ3v) is 5.28. The number of aryl methyl sites for hydroxylation is 2. The van der Waals surface area contributed by atoms with Crippen molar-refractivity contribution in [1.29, 1.82) is 0 Å². The summed E-state index contributed by atoms with van der Waals surface area (Å²) in [6.07, 6.45) is 0. The highest BCUT2D eigenvalue weighted by molar-refractivity contribution is 6.05. The minimum absolute atomic E-state index is 0.0183. The molecule has 0 spiro atoms. The summed E-state index contributed by atoms with van der Waals surface area (Å²) in [6.45, 7) is 5.01. The molecule has 0 atom stereocenters. The lowest BCUT2D eigenvalue weighted by Gasteiger charge is -2.18. The zero-order valence-corrected chi connectivity index (χ0v) is 18.2. The second-order valence-corrected chi connectivity index (χ2v) is 7.68. The SMILES string of the molecule is Cc1ccc(-c2nc(Cn3nnc(C(=O)Nc4ccc5c(c4)OCCO5)c3N)c(C)o2)cc1. The summed E-state index contributed by atoms with van der Waals surface area (Å²) in [5, 5.41) is 10.8. The van der Waals surface area contributed by atoms with E-state index in [-0.39, 0.29) is 18.1 Å². The number of rotatable bonds is 5. The van der Waals surface area contributed by atoms with Crippen LogP contribution < -0.4 is 20.5 Å². The number of nitrogens with two attached hydrogens (primary N) is 1. The minimum atomic E-state index is -0.479. The van der Waals surface area contributed by atoms with Gasteiger partial charge in [-0.15, -0.1) is 5.10 Å². The van der Waals surface area contributed by atoms with Gasteiger partial charge in [0, 0.05) is 17.3 Å². The van der Waals surface area contributed by atoms with Crippen LogP contribution in [0.3, 0.4) is 0 Å². The first kappa shape index (κ1) is 20.6. The molecule has 5 rings (SSSR count). The third kappa shape index (κ3) is 4.10. The Morgan fingerprint density at radius 1 is 1.09 bits per heavy atom. The Hall–Kier alpha value is -4.34. The predicted molar refractivity (Wildman–Crippen MR) is 120 cm³/mol. The van der Waals surface area contributed by atoms with Crippen LogP contribution in [0.25, 0.3) is 11.5 Å². The van der Waals surface area contributed by atoms with Crippen LogP contribution in [-0.2, 0) is 6.54 Å². The lowest BCUT2D eigenvalue weighted by atomic mass is 10.1. The minimum Gasteiger partial charge on any atom is -0.486 e. The molecule has 1 amide bonds. The van der Waals surface area contributed by atoms with Gasteiger partial charge < -0.3 is 24.9 Å². The van der Waals surface area contributed by atoms with Gasteiger partial charge in [0.1, 0.15) is 24.7 Å². The van der Waals surface area contributed by atoms with Crippen molar-refractivity contribution in [1.82, 2.24) is 20.0 Å². The number of hydrogen-bond acceptors (Lipinski definition) is 8. The first-order valence-corrected chi connectivity index (χ1v) is 10.4. The van der Waals surface area contributed by atoms with Gasteiger partial charge in [-0.25, -0.2) is 9.67 Å². The van der Waals surface area contributed by atoms with Crippen molar-refractivity contribution in [3.63, 3.8) is 0 Å². The number of nitrogens with one attached hydrogen (secondary N) is 1. The largest absolute Gasteiger partial charge is 0.486 e. The fourth-order valence-electron chi connectivity index (χ4n) is 3.45. The van der Waals surface area contributed by atoms with Crippen molar-refractivity contribution in [2.45, 2.75) is 20.4 Å². The Bertz CT molecular complexity index is 1330. The number of hydrogen-bond donors (Lipinski definition) is 2. The van der Waals surface area contributed by atoms with E-state index < -0.39 is 5.91 Å². The Morgan fingerprint density at radius 3 is 2.64 bits per heavy atom. The van der Waals surface area contributed by atoms with Crippen molar-refractivity contribution < 1.29 is 18.7 Å². The number of nitrogens with zero attached hydrogens (tertiary/aromatic N) is 4. The summed E-state index contributed by atoms with van der Waals surface area (Å²) in [6, 6.07) is 13.1. The van der Waals surface area contributed by atoms with Crippen LogP contribution in [-0.4, -0.2) is 39.1 Å². The lowest BCUT2D eigenvalue weighted by Crippen LogP contribution is -2.17. The molecule has 4 aromatic rings. The number of anilines is 2. The van der Waals surface area contributed by atoms with Crippen LogP contribution in [0.1, 0.15) is 27.5 Å². The fraction of sp³-hybridized carbons (Fsp3) is 0.217. The van der Waals surface area contributed by atoms with Crippen molar-refractivity contribution in [2.75, 3.05) is 24.3 Å². The molecule has 0 saturated carbocycles. The quantitative estimate of drug-likeness (QED) is 0.478. The van der Waals surface area contributed by atoms with E-state index in [1.807, 2.05) is 38.1 Å². The number of oxazole rings is 1. The average Bonchev–Trinajstić information content (AvgIpc) is 3.37. The molecule has 1 aliphatic heterocycles. The van der Waals surface area contributed by atoms with Gasteiger partial charge in [0.25, 0.3) is 5.91 Å². The smallest absolute Gasteiger partial charge is 0.280 e. The molecule has 0 aliphatic carbocycles. The number of benzene rings is 2. The Kier molecular flexibility index (Phi) is 5.17. The van der Waals surface area contributed by atoms with Gasteiger partial charge in [-0.1, -0.05) is 22.9 Å². The van der Waals surface area contributed by atoms with Crippen molar-refractivity contribution in [3.05, 3.63) is 65.2 Å². The topological polar surface area (TPSA) is 130 Å². The second-order valence-electron chi connectivity index (χ2n) is 7.68. The lowest BCUT2D eigenvalue weighted by molar-refractivity contribution is 0.102. The summed E-state index contributed by atoms with van der Waals surface area (Å²) < 4.78 is 18.3. The third-order valence-electron chi connectivity index (χ3n) is 5.28. The molecular weight excluding hydrogens is 424 g/mol. The average molecular weight is 446 g/mol. The maximum atomic E-state index is 12.7. The number of carbonyl (C=O) groups is 1. The summed E-state index contributed by atoms with van der Waals surface area (Å²) >= 11 is 0. The van der Waals surface area contributed by atoms with Gasteiger partial charge in [0.2, 0.25) is 5.89 Å². The molecule has 168 valence electrons. The van der Waals surface area contributed by atoms with E-state index in [1.165, 1.54) is 4.68 Å². The van der Waals surface area contributed by atoms with Crippen molar-refractivity contribution >= 4 is 17.4 Å². The Balaban J connectivity index is 1.32. The molecule has 0 unspecified atom stereocenters. The van der Waals surface area contributed by atoms with Crippen LogP contribution in [0, 0.1) is 13.8 Å². The number of carbonyl (C=O) groups excluding carboxylic acids is 1. The van der Waals surface area contributed by atoms with E-state index in [9.17, 15) is 4.79 Å². The van der Waals surface area contributed by atoms with Crippen LogP contribution in [0.2, 0.25) is 0 Å². The highest BCUT2D eigenvalue weighted by Gasteiger charge is 2.21. The molecule has 2 aromatic carbocycles. The van der Waals surface area contributed by atoms with E-state index in [0.717, 1.165) is 11.1 Å². The number of aromatic nitrogens is 4. The maximum Gasteiger partial charge on any atom is 0.280 e. The second kappa shape index (κ2) is 8.30. The van der Waals surface area contributed by atoms with E-state index in [2.05, 4.69) is 20.6 Å². The van der Waals surface area contributed by atoms with Crippen LogP contribution in [0.5, 0.6) is 11.5 Å². The Labute approximate surface area is 189 Å². The first-order chi connectivity index (χ1) is 16.0. The predicted octanol–water partition coefficient (Wildman–Crippen LogP) is 3.20. The van der Waals surface area contributed by atoms with E-state index in [4.69, 9.17) is 19.6 Å². The van der Waals surface area contributed by atoms with E-state index >= 15 is 0 Å². The monoisotopic (exact) mass is 446 g/mol. The van der Waals surface area contributed by atoms with Crippen molar-refractivity contribution in [3.8, 4) is 23.0 Å². The standard InChI is InChI=1S/C23H22N6O4/c1-13-3-5-15(6-4-13)23-26-17(14(2)33-23)12-29-21(24)20(27-28-29)22(30)25-16-7-8-18-19(11-16)32-10-9-31-18/h3-8,11H,9-10,12,24H2,1-2H3,(H,25,30). The van der Waals surface area contributed by atoms with Gasteiger partial charge in [-0.05, 0) is 38.1 Å². The number of fused-ring (bicyclic) bond motifs is 1. The summed E-state index contributed by atoms with van der Waals surface area (Å²) in [7, 11) is 0. The van der Waals surface area contributed by atoms with Crippen LogP contribution in [0.4, 0.5) is 11.5 Å². The highest BCUT2D eigenvalue weighted by Crippen LogP contribution is 2.32. The highest BCUT2D eigenvalue weighted by atomic mass is 16.6. The summed E-state index contributed by atoms with van der Waals surface area (Å²) in [4.78, 5) is 17.3. The molecule has 0 saturated heterocycles. The molecule has 0 fully saturated rings. The summed E-state index contributed by atoms with van der Waals surface area (Å²) in [5.74, 6) is 2.01. The Morgan fingerprint density at radius 2 is 1.85 bits per heavy atom. The summed E-state index contributed by atoms with van der Waals surface area (Å²) in [5.41, 5.74) is 9.41. The molecule has 3 heterocycles. The van der Waals surface area contributed by atoms with Crippen molar-refractivity contribution in [2.24, 2.45) is 0 Å². The molecule has 3 N–H and O–H groups in total. The van der Waals surface area contributed by atoms with Gasteiger partial charge in [-0.2, -0.15) is 0 Å². The van der Waals surface area contributed by atoms with Gasteiger partial charge in [-0.3, -0.25) is 4.79 Å². The molecule has 1 aliphatic rings. The molecule has 10 heteroatoms. The van der Waals surface area contributed by atoms with E-state index in [1.54, 1.807) is 18.2 Å². The normalized spacial score (nSPS) is 12.5. The molecular formula is C23H22N6O4. The number of amides is 1. The number of nitrogen functional groups attached to an aromatic ring is 1. The van der Waals surface area contributed by atoms with Crippen LogP contribution in [0.15, 0.2) is 46.9 Å². The molecule has 2 aromatic heterocycles. The molecule has 0 radical (unpaired) electrons. The molecule has 33 heavy (non-hydrogen) atoms. The maximum absolute atomic E-state index is 12.7. The first-order valence-electron chi connectivity index (χ1n) is 10.4. The number of ether oxygens (including phenoxy) is 2. The molecule has 10 nitrogen and oxygen atoms in total. The van der Waals surface area contributed by atoms with Gasteiger partial charge >= 0.3 is 0 Å². The fourth-order valence-corrected chi connectivity index (χ4v) is 3.45. The molecule has 0 bridgehead atoms. The van der Waals surface area contributed by atoms with E-state index in [0.29, 0.717) is 47.7 Å². The van der Waals surface area contributed by atoms with Gasteiger partial charge in [0.05, 0.1) is 6.54 Å². The zero-order valence-electron chi connectivity index (χ0n) is 18.2.